The lowest BCUT2D eigenvalue weighted by molar-refractivity contribution is -0.384. The van der Waals surface area contributed by atoms with Crippen LogP contribution in [0.2, 0.25) is 0 Å². The lowest BCUT2D eigenvalue weighted by Gasteiger charge is -2.13. The zero-order valence-corrected chi connectivity index (χ0v) is 15.6. The van der Waals surface area contributed by atoms with Gasteiger partial charge in [-0.2, -0.15) is 0 Å². The molecule has 0 aliphatic rings. The van der Waals surface area contributed by atoms with Crippen LogP contribution in [-0.4, -0.2) is 40.1 Å². The molecule has 0 saturated heterocycles. The number of esters is 1. The van der Waals surface area contributed by atoms with Gasteiger partial charge in [0.1, 0.15) is 6.54 Å². The molecule has 0 aliphatic heterocycles. The van der Waals surface area contributed by atoms with Crippen LogP contribution >= 0.6 is 0 Å². The van der Waals surface area contributed by atoms with Crippen LogP contribution in [0.1, 0.15) is 22.0 Å². The number of amides is 1. The van der Waals surface area contributed by atoms with Crippen LogP contribution < -0.4 is 5.32 Å². The van der Waals surface area contributed by atoms with Gasteiger partial charge in [0.2, 0.25) is 5.91 Å². The molecule has 0 bridgehead atoms. The summed E-state index contributed by atoms with van der Waals surface area (Å²) in [5.74, 6) is -0.850. The lowest BCUT2D eigenvalue weighted by atomic mass is 10.1. The molecular formula is C20H19N3O6. The van der Waals surface area contributed by atoms with Crippen molar-refractivity contribution in [3.63, 3.8) is 0 Å². The normalized spacial score (nSPS) is 11.8. The minimum absolute atomic E-state index is 0.0511. The highest BCUT2D eigenvalue weighted by Gasteiger charge is 2.17. The Balaban J connectivity index is 1.66. The number of fused-ring (bicyclic) bond motifs is 1. The monoisotopic (exact) mass is 397 g/mol. The molecule has 1 atom stereocenters. The number of carbonyl (C=O) groups excluding carboxylic acids is 2. The molecule has 9 nitrogen and oxygen atoms in total. The molecule has 3 rings (SSSR count). The van der Waals surface area contributed by atoms with Crippen molar-refractivity contribution in [3.05, 3.63) is 76.0 Å². The van der Waals surface area contributed by atoms with Gasteiger partial charge in [0.15, 0.2) is 0 Å². The smallest absolute Gasteiger partial charge is 0.340 e. The Morgan fingerprint density at radius 3 is 2.55 bits per heavy atom. The van der Waals surface area contributed by atoms with Crippen molar-refractivity contribution < 1.29 is 24.4 Å². The quantitative estimate of drug-likeness (QED) is 0.358. The minimum Gasteiger partial charge on any atom is -0.465 e. The third kappa shape index (κ3) is 4.41. The number of aliphatic hydroxyl groups is 1. The van der Waals surface area contributed by atoms with Gasteiger partial charge in [-0.05, 0) is 23.8 Å². The van der Waals surface area contributed by atoms with Gasteiger partial charge in [-0.3, -0.25) is 14.9 Å². The Labute approximate surface area is 165 Å². The molecule has 0 spiro atoms. The van der Waals surface area contributed by atoms with Crippen LogP contribution in [0.3, 0.4) is 0 Å². The topological polar surface area (TPSA) is 124 Å². The highest BCUT2D eigenvalue weighted by Crippen LogP contribution is 2.22. The van der Waals surface area contributed by atoms with Crippen molar-refractivity contribution in [1.29, 1.82) is 0 Å². The predicted molar refractivity (Wildman–Crippen MR) is 104 cm³/mol. The largest absolute Gasteiger partial charge is 0.465 e. The van der Waals surface area contributed by atoms with Crippen LogP contribution in [0.4, 0.5) is 5.69 Å². The maximum atomic E-state index is 12.3. The SMILES string of the molecule is COC(=O)c1cn(CC(=O)NC[C@@H](O)c2ccc([N+](=O)[O-])cc2)c2ccccc12. The molecule has 3 aromatic rings. The first-order chi connectivity index (χ1) is 13.9. The average Bonchev–Trinajstić information content (AvgIpc) is 3.10. The van der Waals surface area contributed by atoms with E-state index < -0.39 is 17.0 Å². The Hall–Kier alpha value is -3.72. The van der Waals surface area contributed by atoms with Crippen molar-refractivity contribution in [1.82, 2.24) is 9.88 Å². The molecule has 1 heterocycles. The van der Waals surface area contributed by atoms with Crippen molar-refractivity contribution in [3.8, 4) is 0 Å². The summed E-state index contributed by atoms with van der Waals surface area (Å²) >= 11 is 0. The third-order valence-electron chi connectivity index (χ3n) is 4.49. The molecule has 2 aromatic carbocycles. The second-order valence-corrected chi connectivity index (χ2v) is 6.35. The summed E-state index contributed by atoms with van der Waals surface area (Å²) in [6.45, 7) is -0.107. The van der Waals surface area contributed by atoms with Crippen molar-refractivity contribution in [2.75, 3.05) is 13.7 Å². The van der Waals surface area contributed by atoms with E-state index in [1.165, 1.54) is 31.4 Å². The Kier molecular flexibility index (Phi) is 5.89. The summed E-state index contributed by atoms with van der Waals surface area (Å²) in [5, 5.41) is 24.2. The van der Waals surface area contributed by atoms with Crippen LogP contribution in [0.25, 0.3) is 10.9 Å². The van der Waals surface area contributed by atoms with Gasteiger partial charge in [-0.25, -0.2) is 4.79 Å². The molecule has 29 heavy (non-hydrogen) atoms. The number of carbonyl (C=O) groups is 2. The maximum absolute atomic E-state index is 12.3. The highest BCUT2D eigenvalue weighted by molar-refractivity contribution is 6.04. The molecule has 150 valence electrons. The molecule has 9 heteroatoms. The van der Waals surface area contributed by atoms with Gasteiger partial charge in [-0.15, -0.1) is 0 Å². The van der Waals surface area contributed by atoms with Crippen molar-refractivity contribution >= 4 is 28.5 Å². The number of ether oxygens (including phenoxy) is 1. The summed E-state index contributed by atoms with van der Waals surface area (Å²) < 4.78 is 6.42. The van der Waals surface area contributed by atoms with Crippen LogP contribution in [0.15, 0.2) is 54.7 Å². The van der Waals surface area contributed by atoms with E-state index in [1.807, 2.05) is 0 Å². The summed E-state index contributed by atoms with van der Waals surface area (Å²) in [6, 6.07) is 12.6. The average molecular weight is 397 g/mol. The number of methoxy groups -OCH3 is 1. The van der Waals surface area contributed by atoms with Crippen LogP contribution in [-0.2, 0) is 16.1 Å². The van der Waals surface area contributed by atoms with Gasteiger partial charge in [-0.1, -0.05) is 18.2 Å². The van der Waals surface area contributed by atoms with Crippen LogP contribution in [0, 0.1) is 10.1 Å². The van der Waals surface area contributed by atoms with Gasteiger partial charge in [0.25, 0.3) is 5.69 Å². The third-order valence-corrected chi connectivity index (χ3v) is 4.49. The van der Waals surface area contributed by atoms with E-state index in [0.717, 1.165) is 0 Å². The second kappa shape index (κ2) is 8.53. The Bertz CT molecular complexity index is 1060. The van der Waals surface area contributed by atoms with E-state index in [9.17, 15) is 24.8 Å². The van der Waals surface area contributed by atoms with Crippen molar-refractivity contribution in [2.24, 2.45) is 0 Å². The standard InChI is InChI=1S/C20H19N3O6/c1-29-20(26)16-11-22(17-5-3-2-4-15(16)17)12-19(25)21-10-18(24)13-6-8-14(9-7-13)23(27)28/h2-9,11,18,24H,10,12H2,1H3,(H,21,25)/t18-/m1/s1. The number of nitrogens with zero attached hydrogens (tertiary/aromatic N) is 2. The summed E-state index contributed by atoms with van der Waals surface area (Å²) in [7, 11) is 1.29. The molecule has 1 amide bonds. The number of nitro groups is 1. The molecule has 2 N–H and O–H groups in total. The lowest BCUT2D eigenvalue weighted by Crippen LogP contribution is -2.31. The van der Waals surface area contributed by atoms with E-state index >= 15 is 0 Å². The number of rotatable bonds is 7. The van der Waals surface area contributed by atoms with Gasteiger partial charge in [0.05, 0.1) is 23.7 Å². The molecular weight excluding hydrogens is 378 g/mol. The first-order valence-corrected chi connectivity index (χ1v) is 8.76. The molecule has 0 radical (unpaired) electrons. The fourth-order valence-electron chi connectivity index (χ4n) is 3.01. The molecule has 0 aliphatic carbocycles. The summed E-state index contributed by atoms with van der Waals surface area (Å²) in [5.41, 5.74) is 1.45. The molecule has 0 fully saturated rings. The number of hydrogen-bond donors (Lipinski definition) is 2. The number of nitrogens with one attached hydrogen (secondary N) is 1. The van der Waals surface area contributed by atoms with Gasteiger partial charge < -0.3 is 19.7 Å². The molecule has 1 aromatic heterocycles. The first-order valence-electron chi connectivity index (χ1n) is 8.76. The number of para-hydroxylation sites is 1. The number of aromatic nitrogens is 1. The number of hydrogen-bond acceptors (Lipinski definition) is 6. The van der Waals surface area contributed by atoms with Gasteiger partial charge in [0, 0.05) is 35.8 Å². The Morgan fingerprint density at radius 2 is 1.90 bits per heavy atom. The summed E-state index contributed by atoms with van der Waals surface area (Å²) in [4.78, 5) is 34.4. The molecule has 0 unspecified atom stereocenters. The number of aliphatic hydroxyl groups excluding tert-OH is 1. The second-order valence-electron chi connectivity index (χ2n) is 6.35. The fraction of sp³-hybridized carbons (Fsp3) is 0.200. The Morgan fingerprint density at radius 1 is 1.21 bits per heavy atom. The fourth-order valence-corrected chi connectivity index (χ4v) is 3.01. The highest BCUT2D eigenvalue weighted by atomic mass is 16.6. The first kappa shape index (κ1) is 20.0. The van der Waals surface area contributed by atoms with E-state index in [0.29, 0.717) is 22.0 Å². The van der Waals surface area contributed by atoms with Crippen molar-refractivity contribution in [2.45, 2.75) is 12.6 Å². The zero-order valence-electron chi connectivity index (χ0n) is 15.6. The maximum Gasteiger partial charge on any atom is 0.340 e. The number of non-ortho nitro benzene ring substituents is 1. The number of nitro benzene ring substituents is 1. The minimum atomic E-state index is -1.01. The summed E-state index contributed by atoms with van der Waals surface area (Å²) in [6.07, 6.45) is 0.551. The van der Waals surface area contributed by atoms with E-state index in [-0.39, 0.29) is 24.7 Å². The predicted octanol–water partition coefficient (Wildman–Crippen LogP) is 2.19. The van der Waals surface area contributed by atoms with E-state index in [4.69, 9.17) is 4.74 Å². The van der Waals surface area contributed by atoms with E-state index in [2.05, 4.69) is 5.32 Å². The van der Waals surface area contributed by atoms with Crippen LogP contribution in [0.5, 0.6) is 0 Å². The molecule has 0 saturated carbocycles. The zero-order chi connectivity index (χ0) is 21.0. The number of benzene rings is 2. The van der Waals surface area contributed by atoms with E-state index in [1.54, 1.807) is 35.0 Å². The van der Waals surface area contributed by atoms with Gasteiger partial charge >= 0.3 is 5.97 Å².